The second-order valence-corrected chi connectivity index (χ2v) is 11.5. The minimum atomic E-state index is -4.09. The Balaban J connectivity index is 1.32. The molecular weight excluding hydrogens is 551 g/mol. The van der Waals surface area contributed by atoms with Crippen molar-refractivity contribution in [3.8, 4) is 5.75 Å². The summed E-state index contributed by atoms with van der Waals surface area (Å²) in [5, 5.41) is 7.97. The van der Waals surface area contributed by atoms with Crippen molar-refractivity contribution in [1.29, 1.82) is 0 Å². The van der Waals surface area contributed by atoms with E-state index in [0.29, 0.717) is 44.0 Å². The molecule has 2 aliphatic heterocycles. The summed E-state index contributed by atoms with van der Waals surface area (Å²) in [4.78, 5) is 26.6. The summed E-state index contributed by atoms with van der Waals surface area (Å²) in [5.41, 5.74) is 0.638. The number of ketones is 1. The number of anilines is 1. The van der Waals surface area contributed by atoms with Crippen LogP contribution < -0.4 is 9.64 Å². The van der Waals surface area contributed by atoms with Crippen LogP contribution >= 0.6 is 0 Å². The first kappa shape index (κ1) is 27.8. The lowest BCUT2D eigenvalue weighted by atomic mass is 10.1. The molecule has 14 heteroatoms. The summed E-state index contributed by atoms with van der Waals surface area (Å²) in [6, 6.07) is 6.19. The van der Waals surface area contributed by atoms with Crippen LogP contribution in [-0.4, -0.2) is 65.3 Å². The van der Waals surface area contributed by atoms with Gasteiger partial charge in [-0.15, -0.1) is 5.10 Å². The fraction of sp³-hybridized carbons (Fsp3) is 0.385. The van der Waals surface area contributed by atoms with Crippen molar-refractivity contribution in [1.82, 2.24) is 19.3 Å². The summed E-state index contributed by atoms with van der Waals surface area (Å²) in [6.45, 7) is 0.0373. The van der Waals surface area contributed by atoms with Crippen molar-refractivity contribution in [2.45, 2.75) is 49.7 Å². The Labute approximate surface area is 228 Å². The standard InChI is InChI=1S/C26H26F3N5O5S/c27-9-1-2-10-32-14-18(30-31-32)15-33-23-7-6-20(13-21(23)25(35)26(33)36)40(37,38)34-11-3-4-19(34)16-39-24-8-5-17(28)12-22(24)29/h5-8,12-14,19H,1-4,9-11,15-16H2/t19-/m0/s1. The molecule has 1 fully saturated rings. The van der Waals surface area contributed by atoms with Crippen molar-refractivity contribution in [3.63, 3.8) is 0 Å². The number of carbonyl (C=O) groups is 2. The first-order valence-corrected chi connectivity index (χ1v) is 14.2. The molecule has 40 heavy (non-hydrogen) atoms. The number of sulfonamides is 1. The highest BCUT2D eigenvalue weighted by molar-refractivity contribution is 7.89. The number of Topliss-reactive ketones (excluding diaryl/α,β-unsaturated/α-hetero) is 1. The molecule has 1 aromatic heterocycles. The summed E-state index contributed by atoms with van der Waals surface area (Å²) in [6.07, 6.45) is 3.59. The fourth-order valence-corrected chi connectivity index (χ4v) is 6.56. The summed E-state index contributed by atoms with van der Waals surface area (Å²) < 4.78 is 74.8. The molecule has 0 aliphatic carbocycles. The Hall–Kier alpha value is -3.78. The third kappa shape index (κ3) is 5.45. The van der Waals surface area contributed by atoms with Crippen LogP contribution in [0.15, 0.2) is 47.5 Å². The Bertz CT molecular complexity index is 1550. The van der Waals surface area contributed by atoms with E-state index in [1.165, 1.54) is 32.1 Å². The molecule has 10 nitrogen and oxygen atoms in total. The average molecular weight is 578 g/mol. The quantitative estimate of drug-likeness (QED) is 0.254. The monoisotopic (exact) mass is 577 g/mol. The maximum absolute atomic E-state index is 14.0. The molecule has 0 bridgehead atoms. The number of alkyl halides is 1. The summed E-state index contributed by atoms with van der Waals surface area (Å²) in [5.74, 6) is -3.49. The lowest BCUT2D eigenvalue weighted by Gasteiger charge is -2.24. The second-order valence-electron chi connectivity index (χ2n) is 9.57. The van der Waals surface area contributed by atoms with E-state index in [-0.39, 0.29) is 41.6 Å². The van der Waals surface area contributed by atoms with Gasteiger partial charge in [0.05, 0.1) is 41.6 Å². The van der Waals surface area contributed by atoms with Crippen LogP contribution in [0.1, 0.15) is 41.7 Å². The van der Waals surface area contributed by atoms with Crippen molar-refractivity contribution in [2.24, 2.45) is 0 Å². The van der Waals surface area contributed by atoms with Crippen LogP contribution in [0.3, 0.4) is 0 Å². The summed E-state index contributed by atoms with van der Waals surface area (Å²) in [7, 11) is -4.09. The highest BCUT2D eigenvalue weighted by Crippen LogP contribution is 2.34. The molecule has 1 atom stereocenters. The number of hydrogen-bond donors (Lipinski definition) is 0. The average Bonchev–Trinajstić information content (AvgIpc) is 3.65. The highest BCUT2D eigenvalue weighted by atomic mass is 32.2. The van der Waals surface area contributed by atoms with E-state index in [4.69, 9.17) is 4.74 Å². The van der Waals surface area contributed by atoms with Gasteiger partial charge in [-0.2, -0.15) is 4.31 Å². The third-order valence-corrected chi connectivity index (χ3v) is 8.82. The van der Waals surface area contributed by atoms with Crippen molar-refractivity contribution in [3.05, 3.63) is 65.5 Å². The van der Waals surface area contributed by atoms with Gasteiger partial charge in [0.25, 0.3) is 11.7 Å². The zero-order valence-corrected chi connectivity index (χ0v) is 22.1. The van der Waals surface area contributed by atoms with Gasteiger partial charge >= 0.3 is 0 Å². The predicted molar refractivity (Wildman–Crippen MR) is 136 cm³/mol. The van der Waals surface area contributed by atoms with E-state index >= 15 is 0 Å². The molecule has 2 aromatic carbocycles. The van der Waals surface area contributed by atoms with E-state index in [9.17, 15) is 31.2 Å². The van der Waals surface area contributed by atoms with Gasteiger partial charge in [0.1, 0.15) is 18.1 Å². The number of hydrogen-bond acceptors (Lipinski definition) is 7. The van der Waals surface area contributed by atoms with E-state index in [2.05, 4.69) is 10.3 Å². The van der Waals surface area contributed by atoms with Crippen molar-refractivity contribution < 1.29 is 35.9 Å². The fourth-order valence-electron chi connectivity index (χ4n) is 4.85. The minimum absolute atomic E-state index is 0.0400. The SMILES string of the molecule is O=C1C(=O)N(Cc2cn(CCCCF)nn2)c2ccc(S(=O)(=O)N3CCC[C@H]3COc3ccc(F)cc3F)cc21. The molecule has 0 radical (unpaired) electrons. The number of ether oxygens (including phenoxy) is 1. The van der Waals surface area contributed by atoms with Gasteiger partial charge in [-0.05, 0) is 56.0 Å². The normalized spacial score (nSPS) is 17.6. The maximum atomic E-state index is 14.0. The minimum Gasteiger partial charge on any atom is -0.489 e. The Morgan fingerprint density at radius 2 is 1.90 bits per heavy atom. The zero-order valence-electron chi connectivity index (χ0n) is 21.3. The number of carbonyl (C=O) groups excluding carboxylic acids is 2. The Morgan fingerprint density at radius 1 is 1.07 bits per heavy atom. The number of nitrogens with zero attached hydrogens (tertiary/aromatic N) is 5. The molecule has 0 unspecified atom stereocenters. The molecule has 3 aromatic rings. The number of benzene rings is 2. The highest BCUT2D eigenvalue weighted by Gasteiger charge is 2.40. The van der Waals surface area contributed by atoms with Crippen LogP contribution in [0.5, 0.6) is 5.75 Å². The van der Waals surface area contributed by atoms with E-state index in [0.717, 1.165) is 12.1 Å². The number of fused-ring (bicyclic) bond motifs is 1. The Kier molecular flexibility index (Phi) is 7.90. The Morgan fingerprint density at radius 3 is 2.67 bits per heavy atom. The molecule has 212 valence electrons. The van der Waals surface area contributed by atoms with Gasteiger partial charge in [0.2, 0.25) is 10.0 Å². The van der Waals surface area contributed by atoms with Crippen LogP contribution in [0.2, 0.25) is 0 Å². The molecule has 0 spiro atoms. The van der Waals surface area contributed by atoms with Gasteiger partial charge in [-0.25, -0.2) is 17.2 Å². The van der Waals surface area contributed by atoms with Gasteiger partial charge in [-0.3, -0.25) is 23.6 Å². The predicted octanol–water partition coefficient (Wildman–Crippen LogP) is 3.27. The van der Waals surface area contributed by atoms with Crippen LogP contribution in [0, 0.1) is 11.6 Å². The lowest BCUT2D eigenvalue weighted by molar-refractivity contribution is -0.114. The van der Waals surface area contributed by atoms with Crippen LogP contribution in [0.4, 0.5) is 18.9 Å². The smallest absolute Gasteiger partial charge is 0.299 e. The van der Waals surface area contributed by atoms with Gasteiger partial charge in [0.15, 0.2) is 11.6 Å². The molecule has 0 saturated carbocycles. The lowest BCUT2D eigenvalue weighted by Crippen LogP contribution is -2.39. The number of unbranched alkanes of at least 4 members (excludes halogenated alkanes) is 1. The molecule has 1 saturated heterocycles. The molecule has 2 aliphatic rings. The second kappa shape index (κ2) is 11.4. The number of aromatic nitrogens is 3. The zero-order chi connectivity index (χ0) is 28.4. The largest absolute Gasteiger partial charge is 0.489 e. The topological polar surface area (TPSA) is 115 Å². The first-order valence-electron chi connectivity index (χ1n) is 12.7. The summed E-state index contributed by atoms with van der Waals surface area (Å²) >= 11 is 0. The third-order valence-electron chi connectivity index (χ3n) is 6.87. The number of rotatable bonds is 11. The molecule has 1 amide bonds. The number of aryl methyl sites for hydroxylation is 1. The van der Waals surface area contributed by atoms with Crippen molar-refractivity contribution in [2.75, 3.05) is 24.7 Å². The molecule has 5 rings (SSSR count). The molecular formula is C26H26F3N5O5S. The van der Waals surface area contributed by atoms with Gasteiger partial charge in [-0.1, -0.05) is 5.21 Å². The van der Waals surface area contributed by atoms with Crippen LogP contribution in [0.25, 0.3) is 0 Å². The first-order chi connectivity index (χ1) is 19.2. The van der Waals surface area contributed by atoms with Gasteiger partial charge < -0.3 is 4.74 Å². The van der Waals surface area contributed by atoms with E-state index < -0.39 is 46.1 Å². The number of amides is 1. The van der Waals surface area contributed by atoms with Crippen LogP contribution in [-0.2, 0) is 27.9 Å². The maximum Gasteiger partial charge on any atom is 0.299 e. The molecule has 0 N–H and O–H groups in total. The van der Waals surface area contributed by atoms with Crippen molar-refractivity contribution >= 4 is 27.4 Å². The van der Waals surface area contributed by atoms with Gasteiger partial charge in [0, 0.05) is 19.2 Å². The molecule has 3 heterocycles. The van der Waals surface area contributed by atoms with E-state index in [1.54, 1.807) is 6.20 Å². The van der Waals surface area contributed by atoms with E-state index in [1.807, 2.05) is 0 Å². The number of halogens is 3.